The molecular weight excluding hydrogens is 301 g/mol. The van der Waals surface area contributed by atoms with Gasteiger partial charge in [0.05, 0.1) is 16.5 Å². The molecule has 108 valence electrons. The Kier molecular flexibility index (Phi) is 4.55. The second-order valence-corrected chi connectivity index (χ2v) is 5.89. The fraction of sp³-hybridized carbons (Fsp3) is 0.429. The van der Waals surface area contributed by atoms with E-state index in [1.54, 1.807) is 17.0 Å². The van der Waals surface area contributed by atoms with Crippen molar-refractivity contribution in [1.29, 1.82) is 0 Å². The Balaban J connectivity index is 2.24. The van der Waals surface area contributed by atoms with E-state index >= 15 is 0 Å². The van der Waals surface area contributed by atoms with Crippen LogP contribution in [0.5, 0.6) is 0 Å². The first-order valence-corrected chi connectivity index (χ1v) is 7.14. The molecule has 1 amide bonds. The van der Waals surface area contributed by atoms with Crippen molar-refractivity contribution < 1.29 is 14.7 Å². The summed E-state index contributed by atoms with van der Waals surface area (Å²) in [6.45, 7) is 2.13. The third-order valence-corrected chi connectivity index (χ3v) is 4.20. The van der Waals surface area contributed by atoms with E-state index in [0.29, 0.717) is 23.4 Å². The summed E-state index contributed by atoms with van der Waals surface area (Å²) in [6.07, 6.45) is 1.27. The number of nitrogens with zero attached hydrogens (tertiary/aromatic N) is 1. The second-order valence-electron chi connectivity index (χ2n) is 5.04. The van der Waals surface area contributed by atoms with Crippen LogP contribution < -0.4 is 0 Å². The Morgan fingerprint density at radius 1 is 1.30 bits per heavy atom. The lowest BCUT2D eigenvalue weighted by Gasteiger charge is -2.36. The fourth-order valence-electron chi connectivity index (χ4n) is 2.41. The number of carboxylic acids is 1. The molecule has 1 saturated heterocycles. The summed E-state index contributed by atoms with van der Waals surface area (Å²) < 4.78 is 0. The molecule has 1 N–H and O–H groups in total. The molecule has 1 aliphatic rings. The van der Waals surface area contributed by atoms with Crippen LogP contribution in [0, 0.1) is 5.92 Å². The highest BCUT2D eigenvalue weighted by atomic mass is 35.5. The van der Waals surface area contributed by atoms with E-state index < -0.39 is 11.9 Å². The van der Waals surface area contributed by atoms with Crippen LogP contribution in [0.1, 0.15) is 30.1 Å². The van der Waals surface area contributed by atoms with Gasteiger partial charge in [0, 0.05) is 17.6 Å². The molecule has 20 heavy (non-hydrogen) atoms. The molecule has 1 heterocycles. The van der Waals surface area contributed by atoms with Crippen molar-refractivity contribution in [3.8, 4) is 0 Å². The largest absolute Gasteiger partial charge is 0.481 e. The Labute approximate surface area is 127 Å². The summed E-state index contributed by atoms with van der Waals surface area (Å²) in [7, 11) is 0. The van der Waals surface area contributed by atoms with Gasteiger partial charge in [0.1, 0.15) is 0 Å². The van der Waals surface area contributed by atoms with Gasteiger partial charge >= 0.3 is 5.97 Å². The molecule has 2 unspecified atom stereocenters. The molecular formula is C14H15Cl2NO3. The number of amides is 1. The van der Waals surface area contributed by atoms with Crippen molar-refractivity contribution >= 4 is 35.1 Å². The van der Waals surface area contributed by atoms with Crippen molar-refractivity contribution in [2.24, 2.45) is 5.92 Å². The van der Waals surface area contributed by atoms with Gasteiger partial charge in [-0.2, -0.15) is 0 Å². The number of hydrogen-bond acceptors (Lipinski definition) is 2. The van der Waals surface area contributed by atoms with Crippen LogP contribution in [0.2, 0.25) is 10.0 Å². The molecule has 4 nitrogen and oxygen atoms in total. The van der Waals surface area contributed by atoms with Gasteiger partial charge in [0.2, 0.25) is 0 Å². The summed E-state index contributed by atoms with van der Waals surface area (Å²) in [5, 5.41) is 9.85. The number of piperidine rings is 1. The van der Waals surface area contributed by atoms with E-state index in [2.05, 4.69) is 0 Å². The molecule has 1 aromatic rings. The van der Waals surface area contributed by atoms with Gasteiger partial charge in [-0.15, -0.1) is 0 Å². The van der Waals surface area contributed by atoms with Crippen molar-refractivity contribution in [3.05, 3.63) is 33.8 Å². The number of rotatable bonds is 2. The van der Waals surface area contributed by atoms with E-state index in [0.717, 1.165) is 0 Å². The van der Waals surface area contributed by atoms with Gasteiger partial charge in [-0.25, -0.2) is 0 Å². The predicted molar refractivity (Wildman–Crippen MR) is 77.3 cm³/mol. The molecule has 0 radical (unpaired) electrons. The van der Waals surface area contributed by atoms with Gasteiger partial charge in [0.25, 0.3) is 5.91 Å². The molecule has 0 saturated carbocycles. The quantitative estimate of drug-likeness (QED) is 0.910. The number of carbonyl (C=O) groups excluding carboxylic acids is 1. The number of carboxylic acid groups (broad SMARTS) is 1. The molecule has 1 aromatic carbocycles. The van der Waals surface area contributed by atoms with E-state index in [1.807, 2.05) is 6.92 Å². The van der Waals surface area contributed by atoms with E-state index in [4.69, 9.17) is 28.3 Å². The van der Waals surface area contributed by atoms with Crippen LogP contribution in [0.25, 0.3) is 0 Å². The zero-order valence-electron chi connectivity index (χ0n) is 11.0. The summed E-state index contributed by atoms with van der Waals surface area (Å²) >= 11 is 11.9. The van der Waals surface area contributed by atoms with Crippen molar-refractivity contribution in [1.82, 2.24) is 4.90 Å². The predicted octanol–water partition coefficient (Wildman–Crippen LogP) is 3.32. The Morgan fingerprint density at radius 2 is 2.00 bits per heavy atom. The van der Waals surface area contributed by atoms with Gasteiger partial charge in [-0.1, -0.05) is 23.2 Å². The summed E-state index contributed by atoms with van der Waals surface area (Å²) in [5.74, 6) is -1.62. The van der Waals surface area contributed by atoms with E-state index in [1.165, 1.54) is 6.07 Å². The van der Waals surface area contributed by atoms with Gasteiger partial charge < -0.3 is 10.0 Å². The van der Waals surface area contributed by atoms with E-state index in [-0.39, 0.29) is 23.5 Å². The van der Waals surface area contributed by atoms with Crippen LogP contribution in [0.15, 0.2) is 18.2 Å². The SMILES string of the molecule is CC1CCC(C(=O)O)CN1C(=O)c1ccc(Cl)cc1Cl. The smallest absolute Gasteiger partial charge is 0.308 e. The van der Waals surface area contributed by atoms with Crippen LogP contribution in [-0.2, 0) is 4.79 Å². The Morgan fingerprint density at radius 3 is 2.60 bits per heavy atom. The number of hydrogen-bond donors (Lipinski definition) is 1. The Bertz CT molecular complexity index is 547. The second kappa shape index (κ2) is 6.02. The number of aliphatic carboxylic acids is 1. The topological polar surface area (TPSA) is 57.6 Å². The lowest BCUT2D eigenvalue weighted by atomic mass is 9.93. The molecule has 1 fully saturated rings. The molecule has 2 atom stereocenters. The summed E-state index contributed by atoms with van der Waals surface area (Å²) in [4.78, 5) is 25.2. The first kappa shape index (κ1) is 15.1. The standard InChI is InChI=1S/C14H15Cl2NO3/c1-8-2-3-9(14(19)20)7-17(8)13(18)11-5-4-10(15)6-12(11)16/h4-6,8-9H,2-3,7H2,1H3,(H,19,20). The van der Waals surface area contributed by atoms with Gasteiger partial charge in [-0.05, 0) is 38.0 Å². The highest BCUT2D eigenvalue weighted by Crippen LogP contribution is 2.27. The first-order chi connectivity index (χ1) is 9.40. The minimum Gasteiger partial charge on any atom is -0.481 e. The lowest BCUT2D eigenvalue weighted by Crippen LogP contribution is -2.47. The zero-order chi connectivity index (χ0) is 14.9. The molecule has 0 aromatic heterocycles. The van der Waals surface area contributed by atoms with Gasteiger partial charge in [-0.3, -0.25) is 9.59 Å². The number of benzene rings is 1. The first-order valence-electron chi connectivity index (χ1n) is 6.39. The highest BCUT2D eigenvalue weighted by Gasteiger charge is 2.33. The summed E-state index contributed by atoms with van der Waals surface area (Å²) in [6, 6.07) is 4.69. The number of carbonyl (C=O) groups is 2. The average molecular weight is 316 g/mol. The van der Waals surface area contributed by atoms with Crippen LogP contribution in [-0.4, -0.2) is 34.5 Å². The normalized spacial score (nSPS) is 22.6. The number of halogens is 2. The maximum Gasteiger partial charge on any atom is 0.308 e. The van der Waals surface area contributed by atoms with Crippen molar-refractivity contribution in [3.63, 3.8) is 0 Å². The minimum absolute atomic E-state index is 0.00449. The molecule has 0 aliphatic carbocycles. The fourth-order valence-corrected chi connectivity index (χ4v) is 2.90. The molecule has 6 heteroatoms. The zero-order valence-corrected chi connectivity index (χ0v) is 12.5. The van der Waals surface area contributed by atoms with Crippen molar-refractivity contribution in [2.75, 3.05) is 6.54 Å². The number of likely N-dealkylation sites (tertiary alicyclic amines) is 1. The molecule has 0 bridgehead atoms. The molecule has 1 aliphatic heterocycles. The van der Waals surface area contributed by atoms with Crippen LogP contribution >= 0.6 is 23.2 Å². The summed E-state index contributed by atoms with van der Waals surface area (Å²) in [5.41, 5.74) is 0.356. The molecule has 2 rings (SSSR count). The average Bonchev–Trinajstić information content (AvgIpc) is 2.38. The van der Waals surface area contributed by atoms with Gasteiger partial charge in [0.15, 0.2) is 0 Å². The third kappa shape index (κ3) is 3.07. The van der Waals surface area contributed by atoms with Crippen LogP contribution in [0.4, 0.5) is 0 Å². The maximum absolute atomic E-state index is 12.5. The lowest BCUT2D eigenvalue weighted by molar-refractivity contribution is -0.143. The third-order valence-electron chi connectivity index (χ3n) is 3.65. The monoisotopic (exact) mass is 315 g/mol. The minimum atomic E-state index is -0.864. The Hall–Kier alpha value is -1.26. The highest BCUT2D eigenvalue weighted by molar-refractivity contribution is 6.36. The van der Waals surface area contributed by atoms with Crippen molar-refractivity contribution in [2.45, 2.75) is 25.8 Å². The maximum atomic E-state index is 12.5. The van der Waals surface area contributed by atoms with E-state index in [9.17, 15) is 9.59 Å². The van der Waals surface area contributed by atoms with Crippen LogP contribution in [0.3, 0.4) is 0 Å². The molecule has 0 spiro atoms.